The van der Waals surface area contributed by atoms with Crippen LogP contribution in [0.15, 0.2) is 18.2 Å². The lowest BCUT2D eigenvalue weighted by Crippen LogP contribution is -2.44. The molecule has 1 atom stereocenters. The van der Waals surface area contributed by atoms with Crippen LogP contribution >= 0.6 is 35.4 Å². The molecule has 102 valence electrons. The van der Waals surface area contributed by atoms with Gasteiger partial charge in [-0.25, -0.2) is 4.79 Å². The molecule has 1 fully saturated rings. The van der Waals surface area contributed by atoms with Crippen LogP contribution in [0.4, 0.5) is 10.5 Å². The first-order chi connectivity index (χ1) is 8.99. The summed E-state index contributed by atoms with van der Waals surface area (Å²) in [5, 5.41) is 3.67. The van der Waals surface area contributed by atoms with E-state index in [0.29, 0.717) is 27.3 Å². The number of likely N-dealkylation sites (tertiary alicyclic amines) is 1. The number of hydrogen-bond acceptors (Lipinski definition) is 2. The van der Waals surface area contributed by atoms with E-state index in [1.54, 1.807) is 23.1 Å². The Morgan fingerprint density at radius 1 is 1.47 bits per heavy atom. The lowest BCUT2D eigenvalue weighted by molar-refractivity contribution is 0.217. The average molecular weight is 318 g/mol. The lowest BCUT2D eigenvalue weighted by atomic mass is 10.2. The molecule has 0 aromatic heterocycles. The standard InChI is InChI=1S/C12H13Cl2N3OS/c13-7-3-4-8(14)9(6-7)16-12(18)17-5-1-2-10(17)11(15)19/h3-4,6,10H,1-2,5H2,(H2,15,19)(H,16,18). The van der Waals surface area contributed by atoms with Gasteiger partial charge in [0.2, 0.25) is 0 Å². The van der Waals surface area contributed by atoms with Gasteiger partial charge in [0.05, 0.1) is 21.7 Å². The molecule has 1 heterocycles. The number of rotatable bonds is 2. The quantitative estimate of drug-likeness (QED) is 0.823. The second-order valence-corrected chi connectivity index (χ2v) is 5.62. The normalized spacial score (nSPS) is 18.4. The van der Waals surface area contributed by atoms with E-state index < -0.39 is 0 Å². The molecule has 2 amide bonds. The Balaban J connectivity index is 2.12. The van der Waals surface area contributed by atoms with Crippen LogP contribution in [0.2, 0.25) is 10.0 Å². The number of benzene rings is 1. The Morgan fingerprint density at radius 3 is 2.89 bits per heavy atom. The second kappa shape index (κ2) is 5.94. The Labute approximate surface area is 126 Å². The minimum atomic E-state index is -0.264. The summed E-state index contributed by atoms with van der Waals surface area (Å²) in [5.74, 6) is 0. The summed E-state index contributed by atoms with van der Waals surface area (Å²) in [6, 6.07) is 4.45. The fourth-order valence-electron chi connectivity index (χ4n) is 2.09. The van der Waals surface area contributed by atoms with Crippen LogP contribution in [0.3, 0.4) is 0 Å². The monoisotopic (exact) mass is 317 g/mol. The molecule has 3 N–H and O–H groups in total. The molecule has 1 aliphatic heterocycles. The zero-order valence-electron chi connectivity index (χ0n) is 10.0. The summed E-state index contributed by atoms with van der Waals surface area (Å²) >= 11 is 16.9. The van der Waals surface area contributed by atoms with Crippen molar-refractivity contribution >= 4 is 52.1 Å². The number of urea groups is 1. The molecule has 1 aromatic carbocycles. The summed E-state index contributed by atoms with van der Waals surface area (Å²) in [6.07, 6.45) is 1.69. The Morgan fingerprint density at radius 2 is 2.21 bits per heavy atom. The molecule has 0 bridgehead atoms. The van der Waals surface area contributed by atoms with E-state index in [9.17, 15) is 4.79 Å². The van der Waals surface area contributed by atoms with E-state index in [4.69, 9.17) is 41.2 Å². The van der Waals surface area contributed by atoms with Crippen LogP contribution in [0.25, 0.3) is 0 Å². The van der Waals surface area contributed by atoms with E-state index in [2.05, 4.69) is 5.32 Å². The lowest BCUT2D eigenvalue weighted by Gasteiger charge is -2.24. The number of nitrogens with zero attached hydrogens (tertiary/aromatic N) is 1. The summed E-state index contributed by atoms with van der Waals surface area (Å²) in [6.45, 7) is 0.631. The first-order valence-corrected chi connectivity index (χ1v) is 6.97. The Bertz CT molecular complexity index is 524. The zero-order chi connectivity index (χ0) is 14.0. The van der Waals surface area contributed by atoms with E-state index in [-0.39, 0.29) is 12.1 Å². The minimum Gasteiger partial charge on any atom is -0.392 e. The topological polar surface area (TPSA) is 58.4 Å². The average Bonchev–Trinajstić information content (AvgIpc) is 2.83. The second-order valence-electron chi connectivity index (χ2n) is 4.31. The van der Waals surface area contributed by atoms with Crippen molar-refractivity contribution < 1.29 is 4.79 Å². The van der Waals surface area contributed by atoms with Gasteiger partial charge in [0.25, 0.3) is 0 Å². The smallest absolute Gasteiger partial charge is 0.322 e. The first-order valence-electron chi connectivity index (χ1n) is 5.81. The van der Waals surface area contributed by atoms with E-state index in [1.165, 1.54) is 0 Å². The van der Waals surface area contributed by atoms with Crippen molar-refractivity contribution in [3.63, 3.8) is 0 Å². The fourth-order valence-corrected chi connectivity index (χ4v) is 2.67. The number of thiocarbonyl (C=S) groups is 1. The summed E-state index contributed by atoms with van der Waals surface area (Å²) in [7, 11) is 0. The molecular weight excluding hydrogens is 305 g/mol. The van der Waals surface area contributed by atoms with Crippen molar-refractivity contribution in [1.82, 2.24) is 4.90 Å². The molecule has 1 unspecified atom stereocenters. The molecule has 19 heavy (non-hydrogen) atoms. The fraction of sp³-hybridized carbons (Fsp3) is 0.333. The molecule has 2 rings (SSSR count). The van der Waals surface area contributed by atoms with Gasteiger partial charge in [0.15, 0.2) is 0 Å². The summed E-state index contributed by atoms with van der Waals surface area (Å²) in [4.78, 5) is 14.2. The van der Waals surface area contributed by atoms with Crippen LogP contribution in [-0.2, 0) is 0 Å². The molecule has 0 radical (unpaired) electrons. The van der Waals surface area contributed by atoms with Crippen molar-refractivity contribution in [3.8, 4) is 0 Å². The van der Waals surface area contributed by atoms with Crippen molar-refractivity contribution in [3.05, 3.63) is 28.2 Å². The first kappa shape index (κ1) is 14.4. The number of nitrogens with one attached hydrogen (secondary N) is 1. The molecule has 0 spiro atoms. The van der Waals surface area contributed by atoms with Crippen molar-refractivity contribution in [1.29, 1.82) is 0 Å². The third-order valence-electron chi connectivity index (χ3n) is 3.01. The maximum atomic E-state index is 12.2. The predicted octanol–water partition coefficient (Wildman–Crippen LogP) is 3.28. The van der Waals surface area contributed by atoms with Gasteiger partial charge in [0.1, 0.15) is 0 Å². The third-order valence-corrected chi connectivity index (χ3v) is 3.85. The number of anilines is 1. The highest BCUT2D eigenvalue weighted by molar-refractivity contribution is 7.80. The number of carbonyl (C=O) groups excluding carboxylic acids is 1. The van der Waals surface area contributed by atoms with Gasteiger partial charge in [-0.05, 0) is 31.0 Å². The molecule has 1 aromatic rings. The highest BCUT2D eigenvalue weighted by Crippen LogP contribution is 2.27. The van der Waals surface area contributed by atoms with Gasteiger partial charge in [0, 0.05) is 11.6 Å². The highest BCUT2D eigenvalue weighted by Gasteiger charge is 2.30. The molecular formula is C12H13Cl2N3OS. The van der Waals surface area contributed by atoms with Gasteiger partial charge in [-0.1, -0.05) is 35.4 Å². The van der Waals surface area contributed by atoms with Gasteiger partial charge < -0.3 is 16.0 Å². The van der Waals surface area contributed by atoms with Crippen LogP contribution in [-0.4, -0.2) is 28.5 Å². The third kappa shape index (κ3) is 3.29. The SMILES string of the molecule is NC(=S)C1CCCN1C(=O)Nc1cc(Cl)ccc1Cl. The molecule has 7 heteroatoms. The molecule has 4 nitrogen and oxygen atoms in total. The van der Waals surface area contributed by atoms with Gasteiger partial charge in [-0.3, -0.25) is 0 Å². The predicted molar refractivity (Wildman–Crippen MR) is 82.0 cm³/mol. The number of carbonyl (C=O) groups is 1. The molecule has 0 aliphatic carbocycles. The number of nitrogens with two attached hydrogens (primary N) is 1. The molecule has 0 saturated carbocycles. The van der Waals surface area contributed by atoms with Crippen LogP contribution < -0.4 is 11.1 Å². The molecule has 1 saturated heterocycles. The van der Waals surface area contributed by atoms with Crippen LogP contribution in [0, 0.1) is 0 Å². The largest absolute Gasteiger partial charge is 0.392 e. The zero-order valence-corrected chi connectivity index (χ0v) is 12.4. The van der Waals surface area contributed by atoms with Crippen molar-refractivity contribution in [2.75, 3.05) is 11.9 Å². The minimum absolute atomic E-state index is 0.187. The van der Waals surface area contributed by atoms with Crippen LogP contribution in [0.5, 0.6) is 0 Å². The van der Waals surface area contributed by atoms with Gasteiger partial charge >= 0.3 is 6.03 Å². The number of hydrogen-bond donors (Lipinski definition) is 2. The number of amides is 2. The summed E-state index contributed by atoms with van der Waals surface area (Å²) in [5.41, 5.74) is 6.12. The number of halogens is 2. The maximum Gasteiger partial charge on any atom is 0.322 e. The Kier molecular flexibility index (Phi) is 4.50. The summed E-state index contributed by atoms with van der Waals surface area (Å²) < 4.78 is 0. The van der Waals surface area contributed by atoms with Crippen LogP contribution in [0.1, 0.15) is 12.8 Å². The molecule has 1 aliphatic rings. The van der Waals surface area contributed by atoms with Gasteiger partial charge in [-0.2, -0.15) is 0 Å². The van der Waals surface area contributed by atoms with Gasteiger partial charge in [-0.15, -0.1) is 0 Å². The van der Waals surface area contributed by atoms with Crippen molar-refractivity contribution in [2.24, 2.45) is 5.73 Å². The maximum absolute atomic E-state index is 12.2. The van der Waals surface area contributed by atoms with E-state index >= 15 is 0 Å². The highest BCUT2D eigenvalue weighted by atomic mass is 35.5. The Hall–Kier alpha value is -1.04. The van der Waals surface area contributed by atoms with Crippen molar-refractivity contribution in [2.45, 2.75) is 18.9 Å². The van der Waals surface area contributed by atoms with E-state index in [0.717, 1.165) is 12.8 Å². The van der Waals surface area contributed by atoms with E-state index in [1.807, 2.05) is 0 Å².